The van der Waals surface area contributed by atoms with Crippen molar-refractivity contribution in [3.8, 4) is 0 Å². The summed E-state index contributed by atoms with van der Waals surface area (Å²) >= 11 is 0. The van der Waals surface area contributed by atoms with Gasteiger partial charge in [0.25, 0.3) is 0 Å². The van der Waals surface area contributed by atoms with E-state index in [1.165, 1.54) is 51.4 Å². The summed E-state index contributed by atoms with van der Waals surface area (Å²) in [7, 11) is 0. The molecule has 2 N–H and O–H groups in total. The van der Waals surface area contributed by atoms with E-state index in [9.17, 15) is 0 Å². The van der Waals surface area contributed by atoms with Gasteiger partial charge in [-0.05, 0) is 50.4 Å². The van der Waals surface area contributed by atoms with Gasteiger partial charge in [0.1, 0.15) is 0 Å². The van der Waals surface area contributed by atoms with Crippen LogP contribution in [0.25, 0.3) is 0 Å². The third-order valence-electron chi connectivity index (χ3n) is 4.42. The minimum absolute atomic E-state index is 0.391. The Bertz CT molecular complexity index is 231. The molecule has 1 heteroatoms. The molecule has 3 unspecified atom stereocenters. The van der Waals surface area contributed by atoms with Gasteiger partial charge in [0.2, 0.25) is 0 Å². The molecule has 86 valence electrons. The van der Waals surface area contributed by atoms with E-state index in [0.29, 0.717) is 6.04 Å². The number of hydrogen-bond donors (Lipinski definition) is 1. The Hall–Kier alpha value is -0.300. The number of hydrogen-bond acceptors (Lipinski definition) is 1. The molecule has 0 aromatic heterocycles. The molecule has 0 aromatic carbocycles. The molecular formula is C14H25N. The van der Waals surface area contributed by atoms with Crippen LogP contribution in [0.4, 0.5) is 0 Å². The monoisotopic (exact) mass is 207 g/mol. The van der Waals surface area contributed by atoms with E-state index in [0.717, 1.165) is 11.8 Å². The number of allylic oxidation sites excluding steroid dienone is 1. The minimum atomic E-state index is 0.391. The lowest BCUT2D eigenvalue weighted by Crippen LogP contribution is -2.31. The highest BCUT2D eigenvalue weighted by molar-refractivity contribution is 5.14. The SMILES string of the molecule is CCC1CCC(C(N)C2=CCCCC2)C1. The van der Waals surface area contributed by atoms with Crippen LogP contribution in [0.3, 0.4) is 0 Å². The predicted molar refractivity (Wildman–Crippen MR) is 65.6 cm³/mol. The zero-order chi connectivity index (χ0) is 10.7. The average Bonchev–Trinajstić information content (AvgIpc) is 2.78. The quantitative estimate of drug-likeness (QED) is 0.702. The third kappa shape index (κ3) is 2.63. The van der Waals surface area contributed by atoms with Crippen LogP contribution in [0.5, 0.6) is 0 Å². The van der Waals surface area contributed by atoms with Gasteiger partial charge in [0, 0.05) is 6.04 Å². The summed E-state index contributed by atoms with van der Waals surface area (Å²) in [6.45, 7) is 2.32. The predicted octanol–water partition coefficient (Wildman–Crippen LogP) is 3.64. The molecule has 0 aliphatic heterocycles. The molecule has 2 rings (SSSR count). The van der Waals surface area contributed by atoms with E-state index in [2.05, 4.69) is 13.0 Å². The van der Waals surface area contributed by atoms with Gasteiger partial charge >= 0.3 is 0 Å². The maximum Gasteiger partial charge on any atom is 0.0282 e. The van der Waals surface area contributed by atoms with Crippen LogP contribution in [-0.2, 0) is 0 Å². The molecule has 0 spiro atoms. The first-order valence-corrected chi connectivity index (χ1v) is 6.75. The standard InChI is InChI=1S/C14H25N/c1-2-11-8-9-13(10-11)14(15)12-6-4-3-5-7-12/h6,11,13-14H,2-5,7-10,15H2,1H3. The summed E-state index contributed by atoms with van der Waals surface area (Å²) in [5.41, 5.74) is 7.97. The van der Waals surface area contributed by atoms with Crippen molar-refractivity contribution >= 4 is 0 Å². The van der Waals surface area contributed by atoms with Gasteiger partial charge in [0.05, 0.1) is 0 Å². The van der Waals surface area contributed by atoms with Crippen molar-refractivity contribution in [2.45, 2.75) is 64.3 Å². The molecule has 15 heavy (non-hydrogen) atoms. The molecular weight excluding hydrogens is 182 g/mol. The van der Waals surface area contributed by atoms with E-state index < -0.39 is 0 Å². The van der Waals surface area contributed by atoms with Crippen molar-refractivity contribution in [1.82, 2.24) is 0 Å². The van der Waals surface area contributed by atoms with Crippen molar-refractivity contribution in [1.29, 1.82) is 0 Å². The lowest BCUT2D eigenvalue weighted by molar-refractivity contribution is 0.426. The summed E-state index contributed by atoms with van der Waals surface area (Å²) in [6.07, 6.45) is 13.2. The van der Waals surface area contributed by atoms with Crippen molar-refractivity contribution in [2.75, 3.05) is 0 Å². The molecule has 0 bridgehead atoms. The largest absolute Gasteiger partial charge is 0.324 e. The maximum absolute atomic E-state index is 6.40. The first-order chi connectivity index (χ1) is 7.31. The summed E-state index contributed by atoms with van der Waals surface area (Å²) < 4.78 is 0. The molecule has 0 heterocycles. The second-order valence-corrected chi connectivity index (χ2v) is 5.40. The molecule has 2 aliphatic rings. The van der Waals surface area contributed by atoms with Gasteiger partial charge in [-0.2, -0.15) is 0 Å². The normalized spacial score (nSPS) is 33.9. The Labute approximate surface area is 94.1 Å². The Morgan fingerprint density at radius 2 is 2.27 bits per heavy atom. The topological polar surface area (TPSA) is 26.0 Å². The molecule has 2 aliphatic carbocycles. The molecule has 0 radical (unpaired) electrons. The first kappa shape index (κ1) is 11.2. The van der Waals surface area contributed by atoms with Crippen molar-refractivity contribution in [3.63, 3.8) is 0 Å². The highest BCUT2D eigenvalue weighted by Gasteiger charge is 2.29. The first-order valence-electron chi connectivity index (χ1n) is 6.75. The lowest BCUT2D eigenvalue weighted by atomic mass is 9.85. The van der Waals surface area contributed by atoms with E-state index in [1.54, 1.807) is 5.57 Å². The zero-order valence-corrected chi connectivity index (χ0v) is 10.0. The van der Waals surface area contributed by atoms with Crippen LogP contribution >= 0.6 is 0 Å². The Kier molecular flexibility index (Phi) is 3.85. The van der Waals surface area contributed by atoms with Crippen LogP contribution in [0.1, 0.15) is 58.3 Å². The van der Waals surface area contributed by atoms with Crippen LogP contribution in [0, 0.1) is 11.8 Å². The van der Waals surface area contributed by atoms with Gasteiger partial charge < -0.3 is 5.73 Å². The van der Waals surface area contributed by atoms with Crippen LogP contribution in [0.2, 0.25) is 0 Å². The summed E-state index contributed by atoms with van der Waals surface area (Å²) in [4.78, 5) is 0. The zero-order valence-electron chi connectivity index (χ0n) is 10.0. The fraction of sp³-hybridized carbons (Fsp3) is 0.857. The molecule has 1 nitrogen and oxygen atoms in total. The average molecular weight is 207 g/mol. The van der Waals surface area contributed by atoms with Crippen LogP contribution in [0.15, 0.2) is 11.6 Å². The summed E-state index contributed by atoms with van der Waals surface area (Å²) in [5.74, 6) is 1.75. The van der Waals surface area contributed by atoms with Crippen molar-refractivity contribution in [2.24, 2.45) is 17.6 Å². The van der Waals surface area contributed by atoms with E-state index in [1.807, 2.05) is 0 Å². The Morgan fingerprint density at radius 3 is 2.87 bits per heavy atom. The molecule has 0 aromatic rings. The second-order valence-electron chi connectivity index (χ2n) is 5.40. The number of nitrogens with two attached hydrogens (primary N) is 1. The van der Waals surface area contributed by atoms with Gasteiger partial charge in [0.15, 0.2) is 0 Å². The highest BCUT2D eigenvalue weighted by atomic mass is 14.7. The van der Waals surface area contributed by atoms with Crippen LogP contribution in [-0.4, -0.2) is 6.04 Å². The fourth-order valence-electron chi connectivity index (χ4n) is 3.28. The Morgan fingerprint density at radius 1 is 1.40 bits per heavy atom. The highest BCUT2D eigenvalue weighted by Crippen LogP contribution is 2.37. The van der Waals surface area contributed by atoms with Crippen molar-refractivity contribution in [3.05, 3.63) is 11.6 Å². The second kappa shape index (κ2) is 5.16. The maximum atomic E-state index is 6.40. The lowest BCUT2D eigenvalue weighted by Gasteiger charge is -2.25. The van der Waals surface area contributed by atoms with Gasteiger partial charge in [-0.15, -0.1) is 0 Å². The summed E-state index contributed by atoms with van der Waals surface area (Å²) in [5, 5.41) is 0. The molecule has 0 saturated heterocycles. The minimum Gasteiger partial charge on any atom is -0.324 e. The Balaban J connectivity index is 1.90. The number of rotatable bonds is 3. The van der Waals surface area contributed by atoms with Gasteiger partial charge in [-0.3, -0.25) is 0 Å². The fourth-order valence-corrected chi connectivity index (χ4v) is 3.28. The summed E-state index contributed by atoms with van der Waals surface area (Å²) in [6, 6.07) is 0.391. The third-order valence-corrected chi connectivity index (χ3v) is 4.42. The molecule has 3 atom stereocenters. The van der Waals surface area contributed by atoms with Crippen LogP contribution < -0.4 is 5.73 Å². The molecule has 1 fully saturated rings. The van der Waals surface area contributed by atoms with Gasteiger partial charge in [-0.1, -0.05) is 31.4 Å². The van der Waals surface area contributed by atoms with Crippen molar-refractivity contribution < 1.29 is 0 Å². The smallest absolute Gasteiger partial charge is 0.0282 e. The molecule has 0 amide bonds. The van der Waals surface area contributed by atoms with E-state index >= 15 is 0 Å². The molecule has 1 saturated carbocycles. The van der Waals surface area contributed by atoms with E-state index in [4.69, 9.17) is 5.73 Å². The van der Waals surface area contributed by atoms with E-state index in [-0.39, 0.29) is 0 Å². The van der Waals surface area contributed by atoms with Gasteiger partial charge in [-0.25, -0.2) is 0 Å².